The number of benzene rings is 1. The molecular weight excluding hydrogens is 254 g/mol. The number of rotatable bonds is 2. The van der Waals surface area contributed by atoms with Crippen LogP contribution in [0.5, 0.6) is 0 Å². The predicted molar refractivity (Wildman–Crippen MR) is 73.5 cm³/mol. The van der Waals surface area contributed by atoms with E-state index in [1.165, 1.54) is 7.11 Å². The number of esters is 1. The summed E-state index contributed by atoms with van der Waals surface area (Å²) in [6, 6.07) is 7.93. The van der Waals surface area contributed by atoms with Gasteiger partial charge in [0.15, 0.2) is 0 Å². The van der Waals surface area contributed by atoms with Crippen LogP contribution in [-0.4, -0.2) is 23.3 Å². The molecule has 1 N–H and O–H groups in total. The van der Waals surface area contributed by atoms with Gasteiger partial charge < -0.3 is 10.1 Å². The smallest absolute Gasteiger partial charge is 0.309 e. The zero-order chi connectivity index (χ0) is 12.4. The highest BCUT2D eigenvalue weighted by atomic mass is 32.2. The van der Waals surface area contributed by atoms with Crippen molar-refractivity contribution in [2.75, 3.05) is 12.4 Å². The standard InChI is InChI=1S/C12H13NO2S2/c1-7(12(14)15-2)10-11(16)13-8-5-3-4-6-9(8)17-10/h3-7,10H,1-2H3,(H,13,16)/t7-,10-/m1/s1. The van der Waals surface area contributed by atoms with Crippen molar-refractivity contribution in [2.24, 2.45) is 5.92 Å². The van der Waals surface area contributed by atoms with E-state index >= 15 is 0 Å². The van der Waals surface area contributed by atoms with Crippen molar-refractivity contribution in [3.05, 3.63) is 24.3 Å². The summed E-state index contributed by atoms with van der Waals surface area (Å²) in [5.74, 6) is -0.482. The van der Waals surface area contributed by atoms with Crippen molar-refractivity contribution < 1.29 is 9.53 Å². The van der Waals surface area contributed by atoms with Crippen molar-refractivity contribution in [2.45, 2.75) is 17.1 Å². The minimum atomic E-state index is -0.252. The molecule has 3 nitrogen and oxygen atoms in total. The average molecular weight is 267 g/mol. The predicted octanol–water partition coefficient (Wildman–Crippen LogP) is 2.71. The van der Waals surface area contributed by atoms with Gasteiger partial charge in [0.25, 0.3) is 0 Å². The Bertz CT molecular complexity index is 462. The summed E-state index contributed by atoms with van der Waals surface area (Å²) in [4.78, 5) is 13.3. The van der Waals surface area contributed by atoms with Gasteiger partial charge in [-0.25, -0.2) is 0 Å². The quantitative estimate of drug-likeness (QED) is 0.659. The molecule has 0 saturated carbocycles. The first kappa shape index (κ1) is 12.4. The summed E-state index contributed by atoms with van der Waals surface area (Å²) in [5.41, 5.74) is 1.01. The van der Waals surface area contributed by atoms with Gasteiger partial charge in [0.1, 0.15) is 0 Å². The van der Waals surface area contributed by atoms with E-state index in [-0.39, 0.29) is 17.1 Å². The normalized spacial score (nSPS) is 20.1. The van der Waals surface area contributed by atoms with Crippen LogP contribution in [0.2, 0.25) is 0 Å². The van der Waals surface area contributed by atoms with Gasteiger partial charge in [0.05, 0.1) is 29.0 Å². The van der Waals surface area contributed by atoms with E-state index in [1.54, 1.807) is 11.8 Å². The van der Waals surface area contributed by atoms with Crippen molar-refractivity contribution in [3.8, 4) is 0 Å². The molecular formula is C12H13NO2S2. The largest absolute Gasteiger partial charge is 0.469 e. The number of anilines is 1. The van der Waals surface area contributed by atoms with Crippen LogP contribution in [0.1, 0.15) is 6.92 Å². The number of hydrogen-bond donors (Lipinski definition) is 1. The number of ether oxygens (including phenoxy) is 1. The van der Waals surface area contributed by atoms with Gasteiger partial charge in [-0.15, -0.1) is 11.8 Å². The van der Waals surface area contributed by atoms with Crippen molar-refractivity contribution in [1.29, 1.82) is 0 Å². The molecule has 0 spiro atoms. The lowest BCUT2D eigenvalue weighted by molar-refractivity contribution is -0.144. The summed E-state index contributed by atoms with van der Waals surface area (Å²) in [6.45, 7) is 1.84. The highest BCUT2D eigenvalue weighted by Gasteiger charge is 2.32. The average Bonchev–Trinajstić information content (AvgIpc) is 2.36. The van der Waals surface area contributed by atoms with Crippen LogP contribution in [0.25, 0.3) is 0 Å². The lowest BCUT2D eigenvalue weighted by Crippen LogP contribution is -2.36. The number of hydrogen-bond acceptors (Lipinski definition) is 4. The zero-order valence-corrected chi connectivity index (χ0v) is 11.2. The molecule has 1 aromatic carbocycles. The number of carbonyl (C=O) groups excluding carboxylic acids is 1. The van der Waals surface area contributed by atoms with Gasteiger partial charge in [0.2, 0.25) is 0 Å². The highest BCUT2D eigenvalue weighted by Crippen LogP contribution is 2.38. The fourth-order valence-corrected chi connectivity index (χ4v) is 3.32. The van der Waals surface area contributed by atoms with Gasteiger partial charge in [-0.3, -0.25) is 4.79 Å². The number of carbonyl (C=O) groups is 1. The number of methoxy groups -OCH3 is 1. The van der Waals surface area contributed by atoms with E-state index in [0.29, 0.717) is 4.99 Å². The molecule has 90 valence electrons. The number of thioether (sulfide) groups is 1. The minimum absolute atomic E-state index is 0.0626. The lowest BCUT2D eigenvalue weighted by Gasteiger charge is -2.29. The number of fused-ring (bicyclic) bond motifs is 1. The molecule has 0 bridgehead atoms. The van der Waals surface area contributed by atoms with Gasteiger partial charge in [-0.05, 0) is 12.1 Å². The summed E-state index contributed by atoms with van der Waals surface area (Å²) in [7, 11) is 1.40. The summed E-state index contributed by atoms with van der Waals surface area (Å²) in [6.07, 6.45) is 0. The SMILES string of the molecule is COC(=O)[C@H](C)[C@H]1Sc2ccccc2NC1=S. The molecule has 0 amide bonds. The molecule has 1 aliphatic rings. The van der Waals surface area contributed by atoms with E-state index in [0.717, 1.165) is 10.6 Å². The molecule has 1 aliphatic heterocycles. The second kappa shape index (κ2) is 5.06. The summed E-state index contributed by atoms with van der Waals surface area (Å²) < 4.78 is 4.76. The fourth-order valence-electron chi connectivity index (χ4n) is 1.71. The second-order valence-electron chi connectivity index (χ2n) is 3.84. The summed E-state index contributed by atoms with van der Waals surface area (Å²) in [5, 5.41) is 3.11. The molecule has 1 aromatic rings. The molecule has 17 heavy (non-hydrogen) atoms. The van der Waals surface area contributed by atoms with Crippen LogP contribution in [0.3, 0.4) is 0 Å². The Kier molecular flexibility index (Phi) is 3.69. The van der Waals surface area contributed by atoms with E-state index in [9.17, 15) is 4.79 Å². The number of para-hydroxylation sites is 1. The van der Waals surface area contributed by atoms with Crippen LogP contribution in [0.4, 0.5) is 5.69 Å². The van der Waals surface area contributed by atoms with E-state index in [2.05, 4.69) is 5.32 Å². The number of nitrogens with one attached hydrogen (secondary N) is 1. The molecule has 5 heteroatoms. The Balaban J connectivity index is 2.23. The Hall–Kier alpha value is -1.07. The van der Waals surface area contributed by atoms with Crippen LogP contribution in [0.15, 0.2) is 29.2 Å². The van der Waals surface area contributed by atoms with Crippen molar-refractivity contribution in [3.63, 3.8) is 0 Å². The molecule has 0 aromatic heterocycles. The first-order chi connectivity index (χ1) is 8.13. The first-order valence-corrected chi connectivity index (χ1v) is 6.56. The van der Waals surface area contributed by atoms with E-state index in [1.807, 2.05) is 31.2 Å². The van der Waals surface area contributed by atoms with Crippen LogP contribution in [0, 0.1) is 5.92 Å². The lowest BCUT2D eigenvalue weighted by atomic mass is 10.1. The maximum absolute atomic E-state index is 11.5. The molecule has 0 radical (unpaired) electrons. The zero-order valence-electron chi connectivity index (χ0n) is 9.60. The highest BCUT2D eigenvalue weighted by molar-refractivity contribution is 8.02. The number of thiocarbonyl (C=S) groups is 1. The molecule has 0 saturated heterocycles. The summed E-state index contributed by atoms with van der Waals surface area (Å²) >= 11 is 6.92. The third kappa shape index (κ3) is 2.45. The third-order valence-corrected chi connectivity index (χ3v) is 4.70. The van der Waals surface area contributed by atoms with Gasteiger partial charge in [-0.1, -0.05) is 31.3 Å². The molecule has 0 unspecified atom stereocenters. The Morgan fingerprint density at radius 2 is 2.24 bits per heavy atom. The molecule has 1 heterocycles. The topological polar surface area (TPSA) is 38.3 Å². The van der Waals surface area contributed by atoms with Gasteiger partial charge >= 0.3 is 5.97 Å². The first-order valence-electron chi connectivity index (χ1n) is 5.28. The minimum Gasteiger partial charge on any atom is -0.469 e. The van der Waals surface area contributed by atoms with Crippen LogP contribution in [-0.2, 0) is 9.53 Å². The van der Waals surface area contributed by atoms with Crippen molar-refractivity contribution in [1.82, 2.24) is 0 Å². The molecule has 2 rings (SSSR count). The Labute approximate surface area is 110 Å². The van der Waals surface area contributed by atoms with Crippen LogP contribution >= 0.6 is 24.0 Å². The maximum atomic E-state index is 11.5. The van der Waals surface area contributed by atoms with E-state index in [4.69, 9.17) is 17.0 Å². The van der Waals surface area contributed by atoms with Gasteiger partial charge in [-0.2, -0.15) is 0 Å². The van der Waals surface area contributed by atoms with Gasteiger partial charge in [0, 0.05) is 4.90 Å². The Morgan fingerprint density at radius 1 is 1.53 bits per heavy atom. The molecule has 2 atom stereocenters. The third-order valence-electron chi connectivity index (χ3n) is 2.68. The fraction of sp³-hybridized carbons (Fsp3) is 0.333. The van der Waals surface area contributed by atoms with Crippen molar-refractivity contribution >= 4 is 40.6 Å². The second-order valence-corrected chi connectivity index (χ2v) is 5.46. The van der Waals surface area contributed by atoms with E-state index < -0.39 is 0 Å². The molecule has 0 fully saturated rings. The monoisotopic (exact) mass is 267 g/mol. The van der Waals surface area contributed by atoms with Crippen LogP contribution < -0.4 is 5.32 Å². The maximum Gasteiger partial charge on any atom is 0.309 e. The Morgan fingerprint density at radius 3 is 2.94 bits per heavy atom. The molecule has 0 aliphatic carbocycles.